The minimum atomic E-state index is -1.02. The molecular weight excluding hydrogens is 252 g/mol. The average molecular weight is 263 g/mol. The Hall–Kier alpha value is -2.07. The molecule has 5 heteroatoms. The number of hydrogen-bond donors (Lipinski definition) is 2. The lowest BCUT2D eigenvalue weighted by molar-refractivity contribution is 0.0697. The number of hydrogen-bond acceptors (Lipinski definition) is 3. The summed E-state index contributed by atoms with van der Waals surface area (Å²) in [6, 6.07) is 8.77. The van der Waals surface area contributed by atoms with Crippen LogP contribution in [-0.2, 0) is 0 Å². The van der Waals surface area contributed by atoms with Gasteiger partial charge in [-0.25, -0.2) is 4.79 Å². The molecular formula is C13H11ClN2O2. The van der Waals surface area contributed by atoms with Gasteiger partial charge in [-0.2, -0.15) is 0 Å². The van der Waals surface area contributed by atoms with E-state index in [9.17, 15) is 4.79 Å². The quantitative estimate of drug-likeness (QED) is 0.889. The number of anilines is 2. The zero-order valence-electron chi connectivity index (χ0n) is 9.64. The van der Waals surface area contributed by atoms with Gasteiger partial charge in [0.2, 0.25) is 0 Å². The Morgan fingerprint density at radius 2 is 2.17 bits per heavy atom. The summed E-state index contributed by atoms with van der Waals surface area (Å²) < 4.78 is 0. The molecule has 0 saturated carbocycles. The third-order valence-electron chi connectivity index (χ3n) is 2.37. The van der Waals surface area contributed by atoms with Crippen molar-refractivity contribution in [1.29, 1.82) is 0 Å². The summed E-state index contributed by atoms with van der Waals surface area (Å²) in [5.41, 5.74) is 2.10. The Morgan fingerprint density at radius 1 is 1.39 bits per heavy atom. The highest BCUT2D eigenvalue weighted by molar-refractivity contribution is 6.30. The van der Waals surface area contributed by atoms with Gasteiger partial charge in [-0.15, -0.1) is 0 Å². The Balaban J connectivity index is 2.39. The number of rotatable bonds is 3. The fourth-order valence-corrected chi connectivity index (χ4v) is 1.75. The van der Waals surface area contributed by atoms with E-state index in [1.807, 2.05) is 6.07 Å². The first-order valence-electron chi connectivity index (χ1n) is 5.29. The normalized spacial score (nSPS) is 10.1. The number of aryl methyl sites for hydroxylation is 1. The van der Waals surface area contributed by atoms with Crippen molar-refractivity contribution < 1.29 is 9.90 Å². The van der Waals surface area contributed by atoms with Crippen molar-refractivity contribution >= 4 is 28.9 Å². The van der Waals surface area contributed by atoms with Gasteiger partial charge in [-0.05, 0) is 31.2 Å². The Labute approximate surface area is 109 Å². The van der Waals surface area contributed by atoms with E-state index in [1.165, 1.54) is 6.20 Å². The Morgan fingerprint density at radius 3 is 2.83 bits per heavy atom. The molecule has 0 radical (unpaired) electrons. The number of halogens is 1. The van der Waals surface area contributed by atoms with E-state index in [0.717, 1.165) is 11.4 Å². The van der Waals surface area contributed by atoms with Crippen LogP contribution in [0.3, 0.4) is 0 Å². The summed E-state index contributed by atoms with van der Waals surface area (Å²) in [6.45, 7) is 1.80. The van der Waals surface area contributed by atoms with Crippen molar-refractivity contribution in [3.63, 3.8) is 0 Å². The fourth-order valence-electron chi connectivity index (χ4n) is 1.56. The van der Waals surface area contributed by atoms with Crippen molar-refractivity contribution in [2.45, 2.75) is 6.92 Å². The number of carboxylic acid groups (broad SMARTS) is 1. The second-order valence-electron chi connectivity index (χ2n) is 3.81. The van der Waals surface area contributed by atoms with Gasteiger partial charge in [0.15, 0.2) is 0 Å². The molecule has 0 fully saturated rings. The van der Waals surface area contributed by atoms with E-state index in [0.29, 0.717) is 10.7 Å². The fraction of sp³-hybridized carbons (Fsp3) is 0.0769. The number of nitrogens with zero attached hydrogens (tertiary/aromatic N) is 1. The average Bonchev–Trinajstić information content (AvgIpc) is 2.28. The highest BCUT2D eigenvalue weighted by atomic mass is 35.5. The highest BCUT2D eigenvalue weighted by Gasteiger charge is 2.11. The van der Waals surface area contributed by atoms with Gasteiger partial charge in [0, 0.05) is 22.6 Å². The minimum Gasteiger partial charge on any atom is -0.478 e. The largest absolute Gasteiger partial charge is 0.478 e. The van der Waals surface area contributed by atoms with Crippen molar-refractivity contribution in [1.82, 2.24) is 4.98 Å². The van der Waals surface area contributed by atoms with Crippen LogP contribution in [0.5, 0.6) is 0 Å². The van der Waals surface area contributed by atoms with Crippen LogP contribution in [0.25, 0.3) is 0 Å². The van der Waals surface area contributed by atoms with Crippen molar-refractivity contribution in [2.75, 3.05) is 5.32 Å². The molecule has 0 aliphatic carbocycles. The Kier molecular flexibility index (Phi) is 3.48. The standard InChI is InChI=1S/C13H11ClN2O2/c1-8-5-12(11(7-15-8)13(17)18)16-10-4-2-3-9(14)6-10/h2-7H,1H3,(H,15,16)(H,17,18). The smallest absolute Gasteiger partial charge is 0.339 e. The molecule has 0 aliphatic rings. The van der Waals surface area contributed by atoms with Gasteiger partial charge in [0.25, 0.3) is 0 Å². The number of carbonyl (C=O) groups is 1. The number of benzene rings is 1. The number of aromatic carboxylic acids is 1. The number of nitrogens with one attached hydrogen (secondary N) is 1. The zero-order valence-corrected chi connectivity index (χ0v) is 10.4. The first-order chi connectivity index (χ1) is 8.56. The molecule has 1 heterocycles. The van der Waals surface area contributed by atoms with E-state index in [2.05, 4.69) is 10.3 Å². The van der Waals surface area contributed by atoms with Crippen LogP contribution < -0.4 is 5.32 Å². The minimum absolute atomic E-state index is 0.126. The summed E-state index contributed by atoms with van der Waals surface area (Å²) in [6.07, 6.45) is 1.34. The maximum Gasteiger partial charge on any atom is 0.339 e. The lowest BCUT2D eigenvalue weighted by Gasteiger charge is -2.10. The summed E-state index contributed by atoms with van der Waals surface area (Å²) in [4.78, 5) is 15.1. The van der Waals surface area contributed by atoms with Crippen LogP contribution in [0, 0.1) is 6.92 Å². The van der Waals surface area contributed by atoms with Gasteiger partial charge in [-0.1, -0.05) is 17.7 Å². The van der Waals surface area contributed by atoms with Gasteiger partial charge >= 0.3 is 5.97 Å². The molecule has 0 bridgehead atoms. The van der Waals surface area contributed by atoms with Crippen LogP contribution in [0.1, 0.15) is 16.1 Å². The predicted molar refractivity (Wildman–Crippen MR) is 70.7 cm³/mol. The lowest BCUT2D eigenvalue weighted by Crippen LogP contribution is -2.04. The maximum absolute atomic E-state index is 11.1. The molecule has 1 aromatic carbocycles. The predicted octanol–water partition coefficient (Wildman–Crippen LogP) is 3.49. The van der Waals surface area contributed by atoms with Gasteiger partial charge in [0.1, 0.15) is 5.56 Å². The molecule has 1 aromatic heterocycles. The summed E-state index contributed by atoms with van der Waals surface area (Å²) in [5.74, 6) is -1.02. The van der Waals surface area contributed by atoms with Gasteiger partial charge in [0.05, 0.1) is 5.69 Å². The van der Waals surface area contributed by atoms with Crippen molar-refractivity contribution in [3.8, 4) is 0 Å². The van der Waals surface area contributed by atoms with Crippen LogP contribution in [0.4, 0.5) is 11.4 Å². The van der Waals surface area contributed by atoms with Crippen LogP contribution in [0.2, 0.25) is 5.02 Å². The second kappa shape index (κ2) is 5.06. The molecule has 18 heavy (non-hydrogen) atoms. The molecule has 0 saturated heterocycles. The van der Waals surface area contributed by atoms with E-state index >= 15 is 0 Å². The molecule has 2 aromatic rings. The number of pyridine rings is 1. The van der Waals surface area contributed by atoms with Crippen LogP contribution >= 0.6 is 11.6 Å². The molecule has 2 N–H and O–H groups in total. The van der Waals surface area contributed by atoms with Crippen molar-refractivity contribution in [3.05, 3.63) is 52.8 Å². The molecule has 92 valence electrons. The first kappa shape index (κ1) is 12.4. The lowest BCUT2D eigenvalue weighted by atomic mass is 10.2. The number of carboxylic acids is 1. The van der Waals surface area contributed by atoms with Gasteiger partial charge in [-0.3, -0.25) is 4.98 Å². The monoisotopic (exact) mass is 262 g/mol. The first-order valence-corrected chi connectivity index (χ1v) is 5.66. The van der Waals surface area contributed by atoms with E-state index in [4.69, 9.17) is 16.7 Å². The Bertz CT molecular complexity index is 599. The highest BCUT2D eigenvalue weighted by Crippen LogP contribution is 2.23. The SMILES string of the molecule is Cc1cc(Nc2cccc(Cl)c2)c(C(=O)O)cn1. The molecule has 0 amide bonds. The van der Waals surface area contributed by atoms with Gasteiger partial charge < -0.3 is 10.4 Å². The summed E-state index contributed by atoms with van der Waals surface area (Å²) >= 11 is 5.88. The van der Waals surface area contributed by atoms with E-state index < -0.39 is 5.97 Å². The molecule has 0 unspecified atom stereocenters. The summed E-state index contributed by atoms with van der Waals surface area (Å²) in [7, 11) is 0. The third-order valence-corrected chi connectivity index (χ3v) is 2.61. The van der Waals surface area contributed by atoms with E-state index in [-0.39, 0.29) is 5.56 Å². The molecule has 0 aliphatic heterocycles. The topological polar surface area (TPSA) is 62.2 Å². The van der Waals surface area contributed by atoms with Crippen molar-refractivity contribution in [2.24, 2.45) is 0 Å². The second-order valence-corrected chi connectivity index (χ2v) is 4.25. The number of aromatic nitrogens is 1. The maximum atomic E-state index is 11.1. The summed E-state index contributed by atoms with van der Waals surface area (Å²) in [5, 5.41) is 12.7. The molecule has 2 rings (SSSR count). The van der Waals surface area contributed by atoms with Crippen LogP contribution in [-0.4, -0.2) is 16.1 Å². The molecule has 4 nitrogen and oxygen atoms in total. The molecule has 0 spiro atoms. The van der Waals surface area contributed by atoms with Crippen LogP contribution in [0.15, 0.2) is 36.5 Å². The molecule has 0 atom stereocenters. The zero-order chi connectivity index (χ0) is 13.1. The van der Waals surface area contributed by atoms with E-state index in [1.54, 1.807) is 31.2 Å². The third kappa shape index (κ3) is 2.78.